The molecule has 0 atom stereocenters. The molecule has 0 heterocycles. The third-order valence-electron chi connectivity index (χ3n) is 8.92. The largest absolute Gasteiger partial charge is 0.462 e. The fourth-order valence-corrected chi connectivity index (χ4v) is 6.21. The number of rotatable bonds is 22. The van der Waals surface area contributed by atoms with E-state index in [9.17, 15) is 9.59 Å². The summed E-state index contributed by atoms with van der Waals surface area (Å²) in [7, 11) is 0. The molecule has 0 aliphatic heterocycles. The number of esters is 2. The molecule has 0 aromatic heterocycles. The van der Waals surface area contributed by atoms with Gasteiger partial charge >= 0.3 is 11.9 Å². The second kappa shape index (κ2) is 22.6. The van der Waals surface area contributed by atoms with E-state index in [1.54, 1.807) is 6.08 Å². The van der Waals surface area contributed by atoms with Crippen LogP contribution in [0.5, 0.6) is 0 Å². The van der Waals surface area contributed by atoms with Crippen LogP contribution in [0.1, 0.15) is 96.3 Å². The fraction of sp³-hybridized carbons (Fsp3) is 0.824. The predicted molar refractivity (Wildman–Crippen MR) is 164 cm³/mol. The summed E-state index contributed by atoms with van der Waals surface area (Å²) in [6.07, 6.45) is 17.4. The van der Waals surface area contributed by atoms with Gasteiger partial charge in [0.25, 0.3) is 0 Å². The quantitative estimate of drug-likeness (QED) is 0.0344. The molecular weight excluding hydrogens is 568 g/mol. The number of hydrogen-bond acceptors (Lipinski definition) is 10. The van der Waals surface area contributed by atoms with E-state index in [0.29, 0.717) is 70.6 Å². The molecule has 3 aliphatic carbocycles. The standard InChI is InChI=1S/C34H56O10/c1-3-20-40-41-24-6-22-38-30-13-9-28(10-14-30)26-43-42-25-19-27-7-15-32(16-8-27)44-34(36)29-11-17-31(18-12-29)37-21-5-23-39-33(35)4-2/h3-4,27-32H,1-2,5-26H2. The number of ether oxygens (including phenoxy) is 4. The van der Waals surface area contributed by atoms with Gasteiger partial charge in [-0.25, -0.2) is 24.3 Å². The molecule has 44 heavy (non-hydrogen) atoms. The van der Waals surface area contributed by atoms with Crippen molar-refractivity contribution < 1.29 is 48.1 Å². The first-order chi connectivity index (χ1) is 21.6. The van der Waals surface area contributed by atoms with Gasteiger partial charge in [0, 0.05) is 19.1 Å². The predicted octanol–water partition coefficient (Wildman–Crippen LogP) is 6.22. The first-order valence-electron chi connectivity index (χ1n) is 16.9. The highest BCUT2D eigenvalue weighted by Crippen LogP contribution is 2.32. The maximum atomic E-state index is 12.8. The van der Waals surface area contributed by atoms with Crippen LogP contribution in [0, 0.1) is 17.8 Å². The molecule has 0 unspecified atom stereocenters. The zero-order valence-corrected chi connectivity index (χ0v) is 26.7. The van der Waals surface area contributed by atoms with Crippen molar-refractivity contribution in [1.29, 1.82) is 0 Å². The minimum absolute atomic E-state index is 0.0256. The van der Waals surface area contributed by atoms with E-state index < -0.39 is 5.97 Å². The summed E-state index contributed by atoms with van der Waals surface area (Å²) in [5.74, 6) is 0.641. The normalized spacial score (nSPS) is 27.4. The van der Waals surface area contributed by atoms with E-state index in [4.69, 9.17) is 38.5 Å². The van der Waals surface area contributed by atoms with Crippen LogP contribution in [-0.2, 0) is 48.1 Å². The molecule has 10 nitrogen and oxygen atoms in total. The second-order valence-corrected chi connectivity index (χ2v) is 12.3. The second-order valence-electron chi connectivity index (χ2n) is 12.3. The number of carbonyl (C=O) groups excluding carboxylic acids is 2. The molecule has 0 aromatic rings. The lowest BCUT2D eigenvalue weighted by atomic mass is 9.85. The summed E-state index contributed by atoms with van der Waals surface area (Å²) in [4.78, 5) is 44.9. The van der Waals surface area contributed by atoms with Crippen LogP contribution in [-0.4, -0.2) is 76.5 Å². The van der Waals surface area contributed by atoms with Gasteiger partial charge in [0.15, 0.2) is 0 Å². The van der Waals surface area contributed by atoms with Crippen LogP contribution in [0.25, 0.3) is 0 Å². The van der Waals surface area contributed by atoms with Crippen LogP contribution in [0.2, 0.25) is 0 Å². The lowest BCUT2D eigenvalue weighted by molar-refractivity contribution is -0.304. The zero-order valence-electron chi connectivity index (χ0n) is 26.7. The lowest BCUT2D eigenvalue weighted by Gasteiger charge is -2.31. The molecule has 3 aliphatic rings. The third-order valence-corrected chi connectivity index (χ3v) is 8.92. The Morgan fingerprint density at radius 2 is 1.20 bits per heavy atom. The number of carbonyl (C=O) groups is 2. The van der Waals surface area contributed by atoms with Crippen molar-refractivity contribution in [2.45, 2.75) is 115 Å². The summed E-state index contributed by atoms with van der Waals surface area (Å²) < 4.78 is 22.7. The summed E-state index contributed by atoms with van der Waals surface area (Å²) in [5, 5.41) is 0. The van der Waals surface area contributed by atoms with Crippen molar-refractivity contribution in [2.75, 3.05) is 46.2 Å². The van der Waals surface area contributed by atoms with E-state index in [2.05, 4.69) is 13.2 Å². The smallest absolute Gasteiger partial charge is 0.330 e. The van der Waals surface area contributed by atoms with Crippen molar-refractivity contribution in [3.8, 4) is 0 Å². The van der Waals surface area contributed by atoms with E-state index in [1.807, 2.05) is 0 Å². The average Bonchev–Trinajstić information content (AvgIpc) is 3.05. The van der Waals surface area contributed by atoms with Gasteiger partial charge in [-0.1, -0.05) is 12.7 Å². The van der Waals surface area contributed by atoms with Crippen molar-refractivity contribution in [2.24, 2.45) is 17.8 Å². The molecule has 0 bridgehead atoms. The molecule has 0 spiro atoms. The summed E-state index contributed by atoms with van der Waals surface area (Å²) in [6.45, 7) is 10.7. The highest BCUT2D eigenvalue weighted by Gasteiger charge is 2.31. The van der Waals surface area contributed by atoms with Gasteiger partial charge in [0.2, 0.25) is 0 Å². The molecule has 0 saturated heterocycles. The van der Waals surface area contributed by atoms with Gasteiger partial charge in [-0.3, -0.25) is 4.79 Å². The Morgan fingerprint density at radius 3 is 1.86 bits per heavy atom. The minimum Gasteiger partial charge on any atom is -0.462 e. The summed E-state index contributed by atoms with van der Waals surface area (Å²) in [5.41, 5.74) is 0. The van der Waals surface area contributed by atoms with E-state index in [1.165, 1.54) is 0 Å². The molecule has 0 N–H and O–H groups in total. The van der Waals surface area contributed by atoms with Crippen molar-refractivity contribution in [1.82, 2.24) is 0 Å². The maximum Gasteiger partial charge on any atom is 0.330 e. The van der Waals surface area contributed by atoms with Crippen molar-refractivity contribution in [3.05, 3.63) is 25.3 Å². The molecule has 252 valence electrons. The van der Waals surface area contributed by atoms with Gasteiger partial charge in [-0.05, 0) is 102 Å². The maximum absolute atomic E-state index is 12.8. The van der Waals surface area contributed by atoms with Crippen LogP contribution >= 0.6 is 0 Å². The third kappa shape index (κ3) is 15.5. The molecular formula is C34H56O10. The van der Waals surface area contributed by atoms with Gasteiger partial charge in [-0.2, -0.15) is 0 Å². The Morgan fingerprint density at radius 1 is 0.614 bits per heavy atom. The fourth-order valence-electron chi connectivity index (χ4n) is 6.21. The minimum atomic E-state index is -0.409. The zero-order chi connectivity index (χ0) is 31.2. The van der Waals surface area contributed by atoms with E-state index in [-0.39, 0.29) is 24.1 Å². The van der Waals surface area contributed by atoms with Gasteiger partial charge < -0.3 is 18.9 Å². The first-order valence-corrected chi connectivity index (χ1v) is 16.9. The SMILES string of the molecule is C=CCOOCCCOC1CCC(COOCCC2CCC(OC(=O)C3CCC(OCCCOC(=O)C=C)CC3)CC2)CC1. The van der Waals surface area contributed by atoms with Gasteiger partial charge in [-0.15, -0.1) is 6.58 Å². The highest BCUT2D eigenvalue weighted by molar-refractivity contribution is 5.81. The van der Waals surface area contributed by atoms with Crippen LogP contribution < -0.4 is 0 Å². The van der Waals surface area contributed by atoms with Gasteiger partial charge in [0.1, 0.15) is 12.7 Å². The Labute approximate surface area is 263 Å². The van der Waals surface area contributed by atoms with E-state index in [0.717, 1.165) is 96.0 Å². The van der Waals surface area contributed by atoms with Crippen LogP contribution in [0.3, 0.4) is 0 Å². The number of hydrogen-bond donors (Lipinski definition) is 0. The molecule has 0 amide bonds. The monoisotopic (exact) mass is 624 g/mol. The van der Waals surface area contributed by atoms with Crippen molar-refractivity contribution in [3.63, 3.8) is 0 Å². The van der Waals surface area contributed by atoms with Crippen molar-refractivity contribution >= 4 is 11.9 Å². The Kier molecular flexibility index (Phi) is 18.9. The Bertz CT molecular complexity index is 796. The lowest BCUT2D eigenvalue weighted by Crippen LogP contribution is -2.32. The average molecular weight is 625 g/mol. The molecule has 3 fully saturated rings. The Balaban J connectivity index is 1.12. The molecule has 0 aromatic carbocycles. The molecule has 0 radical (unpaired) electrons. The van der Waals surface area contributed by atoms with Gasteiger partial charge in [0.05, 0.1) is 51.2 Å². The van der Waals surface area contributed by atoms with E-state index >= 15 is 0 Å². The summed E-state index contributed by atoms with van der Waals surface area (Å²) in [6, 6.07) is 0. The Hall–Kier alpha value is -1.82. The topological polar surface area (TPSA) is 108 Å². The molecule has 3 saturated carbocycles. The highest BCUT2D eigenvalue weighted by atomic mass is 17.2. The first kappa shape index (κ1) is 36.6. The molecule has 10 heteroatoms. The van der Waals surface area contributed by atoms with Crippen LogP contribution in [0.4, 0.5) is 0 Å². The molecule has 3 rings (SSSR count). The summed E-state index contributed by atoms with van der Waals surface area (Å²) >= 11 is 0. The van der Waals surface area contributed by atoms with Crippen LogP contribution in [0.15, 0.2) is 25.3 Å².